The van der Waals surface area contributed by atoms with Crippen molar-refractivity contribution in [3.63, 3.8) is 0 Å². The van der Waals surface area contributed by atoms with Gasteiger partial charge in [0.2, 0.25) is 5.76 Å². The second-order valence-electron chi connectivity index (χ2n) is 4.41. The summed E-state index contributed by atoms with van der Waals surface area (Å²) in [6.45, 7) is 2.75. The fourth-order valence-electron chi connectivity index (χ4n) is 2.39. The molecule has 2 aliphatic heterocycles. The van der Waals surface area contributed by atoms with Crippen molar-refractivity contribution in [3.05, 3.63) is 22.6 Å². The van der Waals surface area contributed by atoms with Crippen LogP contribution in [-0.2, 0) is 0 Å². The first-order chi connectivity index (χ1) is 7.75. The van der Waals surface area contributed by atoms with E-state index < -0.39 is 0 Å². The first-order valence-electron chi connectivity index (χ1n) is 5.51. The van der Waals surface area contributed by atoms with Gasteiger partial charge in [-0.05, 0) is 40.9 Å². The van der Waals surface area contributed by atoms with Crippen LogP contribution in [0, 0.1) is 5.92 Å². The molecule has 0 aliphatic carbocycles. The number of piperidine rings is 1. The van der Waals surface area contributed by atoms with Gasteiger partial charge in [0.15, 0.2) is 0 Å². The van der Waals surface area contributed by atoms with Gasteiger partial charge in [0.1, 0.15) is 0 Å². The molecule has 2 saturated heterocycles. The summed E-state index contributed by atoms with van der Waals surface area (Å²) in [5, 5.41) is 3.36. The number of hydrogen-bond acceptors (Lipinski definition) is 3. The average molecular weight is 285 g/mol. The minimum Gasteiger partial charge on any atom is -0.458 e. The summed E-state index contributed by atoms with van der Waals surface area (Å²) in [6.07, 6.45) is 2.63. The van der Waals surface area contributed by atoms with E-state index in [0.29, 0.717) is 11.8 Å². The molecular weight excluding hydrogens is 272 g/mol. The summed E-state index contributed by atoms with van der Waals surface area (Å²) in [4.78, 5) is 14.0. The van der Waals surface area contributed by atoms with Crippen LogP contribution in [-0.4, -0.2) is 36.5 Å². The highest BCUT2D eigenvalue weighted by atomic mass is 79.9. The van der Waals surface area contributed by atoms with E-state index in [1.54, 1.807) is 6.07 Å². The van der Waals surface area contributed by atoms with E-state index >= 15 is 0 Å². The zero-order valence-electron chi connectivity index (χ0n) is 8.78. The molecule has 2 fully saturated rings. The molecule has 0 saturated carbocycles. The zero-order valence-corrected chi connectivity index (χ0v) is 10.4. The molecule has 2 unspecified atom stereocenters. The van der Waals surface area contributed by atoms with E-state index in [0.717, 1.165) is 36.4 Å². The van der Waals surface area contributed by atoms with Gasteiger partial charge in [0, 0.05) is 19.1 Å². The monoisotopic (exact) mass is 284 g/mol. The van der Waals surface area contributed by atoms with Crippen molar-refractivity contribution in [1.82, 2.24) is 10.2 Å². The molecule has 4 nitrogen and oxygen atoms in total. The molecule has 1 aromatic rings. The normalized spacial score (nSPS) is 28.4. The molecule has 1 N–H and O–H groups in total. The summed E-state index contributed by atoms with van der Waals surface area (Å²) in [5.41, 5.74) is 0. The third kappa shape index (κ3) is 1.58. The first-order valence-corrected chi connectivity index (χ1v) is 6.30. The Morgan fingerprint density at radius 2 is 2.50 bits per heavy atom. The van der Waals surface area contributed by atoms with E-state index in [2.05, 4.69) is 21.2 Å². The molecule has 0 aromatic carbocycles. The highest BCUT2D eigenvalue weighted by molar-refractivity contribution is 9.10. The van der Waals surface area contributed by atoms with Gasteiger partial charge in [-0.1, -0.05) is 0 Å². The molecule has 0 spiro atoms. The van der Waals surface area contributed by atoms with Gasteiger partial charge in [0.25, 0.3) is 5.91 Å². The molecule has 0 radical (unpaired) electrons. The number of likely N-dealkylation sites (tertiary alicyclic amines) is 1. The van der Waals surface area contributed by atoms with Crippen molar-refractivity contribution < 1.29 is 9.21 Å². The number of carbonyl (C=O) groups is 1. The SMILES string of the molecule is O=C(c1occc1Br)N1CCC2CNC2C1. The van der Waals surface area contributed by atoms with E-state index in [1.807, 2.05) is 4.90 Å². The lowest BCUT2D eigenvalue weighted by Gasteiger charge is -2.46. The Labute approximate surface area is 102 Å². The smallest absolute Gasteiger partial charge is 0.290 e. The standard InChI is InChI=1S/C11H13BrN2O2/c12-8-2-4-16-10(8)11(15)14-3-1-7-5-13-9(7)6-14/h2,4,7,9,13H,1,3,5-6H2. The minimum absolute atomic E-state index is 0.0102. The number of rotatable bonds is 1. The largest absolute Gasteiger partial charge is 0.458 e. The lowest BCUT2D eigenvalue weighted by molar-refractivity contribution is 0.0489. The van der Waals surface area contributed by atoms with Gasteiger partial charge < -0.3 is 14.6 Å². The molecule has 0 bridgehead atoms. The van der Waals surface area contributed by atoms with Crippen molar-refractivity contribution in [2.75, 3.05) is 19.6 Å². The lowest BCUT2D eigenvalue weighted by Crippen LogP contribution is -2.62. The summed E-state index contributed by atoms with van der Waals surface area (Å²) in [5.74, 6) is 1.17. The van der Waals surface area contributed by atoms with Gasteiger partial charge in [-0.15, -0.1) is 0 Å². The number of furan rings is 1. The van der Waals surface area contributed by atoms with Gasteiger partial charge in [-0.25, -0.2) is 0 Å². The summed E-state index contributed by atoms with van der Waals surface area (Å²) in [6, 6.07) is 2.24. The van der Waals surface area contributed by atoms with Crippen molar-refractivity contribution in [2.45, 2.75) is 12.5 Å². The third-order valence-electron chi connectivity index (χ3n) is 3.50. The number of nitrogens with zero attached hydrogens (tertiary/aromatic N) is 1. The third-order valence-corrected chi connectivity index (χ3v) is 4.12. The number of amides is 1. The molecule has 3 rings (SSSR count). The van der Waals surface area contributed by atoms with Crippen LogP contribution in [0.25, 0.3) is 0 Å². The van der Waals surface area contributed by atoms with Crippen LogP contribution in [0.3, 0.4) is 0 Å². The molecule has 1 amide bonds. The van der Waals surface area contributed by atoms with Crippen molar-refractivity contribution >= 4 is 21.8 Å². The quantitative estimate of drug-likeness (QED) is 0.850. The lowest BCUT2D eigenvalue weighted by atomic mass is 9.85. The van der Waals surface area contributed by atoms with E-state index in [1.165, 1.54) is 6.26 Å². The molecule has 5 heteroatoms. The predicted molar refractivity (Wildman–Crippen MR) is 62.2 cm³/mol. The molecular formula is C11H13BrN2O2. The second-order valence-corrected chi connectivity index (χ2v) is 5.27. The maximum absolute atomic E-state index is 12.1. The number of nitrogens with one attached hydrogen (secondary N) is 1. The average Bonchev–Trinajstić information content (AvgIpc) is 2.65. The summed E-state index contributed by atoms with van der Waals surface area (Å²) >= 11 is 3.32. The van der Waals surface area contributed by atoms with Crippen LogP contribution >= 0.6 is 15.9 Å². The van der Waals surface area contributed by atoms with Gasteiger partial charge in [0.05, 0.1) is 10.7 Å². The molecule has 3 heterocycles. The van der Waals surface area contributed by atoms with E-state index in [4.69, 9.17) is 4.42 Å². The highest BCUT2D eigenvalue weighted by Crippen LogP contribution is 2.26. The second kappa shape index (κ2) is 3.89. The van der Waals surface area contributed by atoms with Crippen LogP contribution in [0.2, 0.25) is 0 Å². The van der Waals surface area contributed by atoms with Crippen LogP contribution in [0.15, 0.2) is 21.2 Å². The van der Waals surface area contributed by atoms with Gasteiger partial charge >= 0.3 is 0 Å². The fraction of sp³-hybridized carbons (Fsp3) is 0.545. The Balaban J connectivity index is 1.73. The Morgan fingerprint density at radius 1 is 1.62 bits per heavy atom. The maximum Gasteiger partial charge on any atom is 0.290 e. The minimum atomic E-state index is -0.0102. The Morgan fingerprint density at radius 3 is 3.06 bits per heavy atom. The van der Waals surface area contributed by atoms with Crippen LogP contribution < -0.4 is 5.32 Å². The van der Waals surface area contributed by atoms with E-state index in [9.17, 15) is 4.79 Å². The van der Waals surface area contributed by atoms with Crippen LogP contribution in [0.5, 0.6) is 0 Å². The predicted octanol–water partition coefficient (Wildman–Crippen LogP) is 1.48. The van der Waals surface area contributed by atoms with Crippen LogP contribution in [0.1, 0.15) is 17.0 Å². The maximum atomic E-state index is 12.1. The summed E-state index contributed by atoms with van der Waals surface area (Å²) < 4.78 is 5.94. The Bertz CT molecular complexity index is 418. The number of fused-ring (bicyclic) bond motifs is 1. The zero-order chi connectivity index (χ0) is 11.1. The number of halogens is 1. The molecule has 86 valence electrons. The van der Waals surface area contributed by atoms with Crippen molar-refractivity contribution in [2.24, 2.45) is 5.92 Å². The van der Waals surface area contributed by atoms with Gasteiger partial charge in [-0.2, -0.15) is 0 Å². The molecule has 2 aliphatic rings. The number of hydrogen-bond donors (Lipinski definition) is 1. The fourth-order valence-corrected chi connectivity index (χ4v) is 2.76. The highest BCUT2D eigenvalue weighted by Gasteiger charge is 2.37. The van der Waals surface area contributed by atoms with E-state index in [-0.39, 0.29) is 5.91 Å². The van der Waals surface area contributed by atoms with Crippen molar-refractivity contribution in [3.8, 4) is 0 Å². The first kappa shape index (κ1) is 10.4. The number of carbonyl (C=O) groups excluding carboxylic acids is 1. The summed E-state index contributed by atoms with van der Waals surface area (Å²) in [7, 11) is 0. The van der Waals surface area contributed by atoms with Gasteiger partial charge in [-0.3, -0.25) is 4.79 Å². The molecule has 16 heavy (non-hydrogen) atoms. The molecule has 2 atom stereocenters. The molecule has 1 aromatic heterocycles. The topological polar surface area (TPSA) is 45.5 Å². The Kier molecular flexibility index (Phi) is 2.52. The van der Waals surface area contributed by atoms with Crippen molar-refractivity contribution in [1.29, 1.82) is 0 Å². The Hall–Kier alpha value is -0.810. The van der Waals surface area contributed by atoms with Crippen LogP contribution in [0.4, 0.5) is 0 Å².